The predicted molar refractivity (Wildman–Crippen MR) is 99.5 cm³/mol. The molecular weight excluding hydrogens is 322 g/mol. The Hall–Kier alpha value is -1.82. The summed E-state index contributed by atoms with van der Waals surface area (Å²) in [6.07, 6.45) is 0.837. The number of amides is 1. The average Bonchev–Trinajstić information content (AvgIpc) is 2.56. The number of hydrogen-bond donors (Lipinski definition) is 1. The minimum atomic E-state index is -0.0408. The maximum atomic E-state index is 12.7. The number of nitrogens with one attached hydrogen (secondary N) is 1. The van der Waals surface area contributed by atoms with Gasteiger partial charge in [0.1, 0.15) is 0 Å². The first-order chi connectivity index (χ1) is 11.4. The molecule has 24 heavy (non-hydrogen) atoms. The van der Waals surface area contributed by atoms with E-state index in [1.165, 1.54) is 11.8 Å². The summed E-state index contributed by atoms with van der Waals surface area (Å²) in [4.78, 5) is 29.3. The second-order valence-electron chi connectivity index (χ2n) is 6.26. The summed E-state index contributed by atoms with van der Waals surface area (Å²) in [5.74, 6) is 0.605. The van der Waals surface area contributed by atoms with E-state index in [1.54, 1.807) is 10.6 Å². The van der Waals surface area contributed by atoms with Crippen LogP contribution >= 0.6 is 11.8 Å². The molecule has 1 heterocycles. The second-order valence-corrected chi connectivity index (χ2v) is 7.20. The Bertz CT molecular complexity index is 770. The van der Waals surface area contributed by atoms with Gasteiger partial charge in [-0.2, -0.15) is 0 Å². The summed E-state index contributed by atoms with van der Waals surface area (Å²) in [7, 11) is 0. The molecule has 1 N–H and O–H groups in total. The molecule has 0 aliphatic heterocycles. The smallest absolute Gasteiger partial charge is 0.262 e. The minimum absolute atomic E-state index is 0.0355. The number of carbonyl (C=O) groups excluding carboxylic acids is 1. The van der Waals surface area contributed by atoms with Crippen molar-refractivity contribution in [3.8, 4) is 0 Å². The average molecular weight is 347 g/mol. The van der Waals surface area contributed by atoms with E-state index in [0.717, 1.165) is 6.42 Å². The van der Waals surface area contributed by atoms with Crippen molar-refractivity contribution in [1.29, 1.82) is 0 Å². The van der Waals surface area contributed by atoms with E-state index >= 15 is 0 Å². The van der Waals surface area contributed by atoms with Crippen LogP contribution in [-0.2, 0) is 11.3 Å². The van der Waals surface area contributed by atoms with Crippen molar-refractivity contribution >= 4 is 28.6 Å². The quantitative estimate of drug-likeness (QED) is 0.617. The molecular formula is C18H25N3O2S. The van der Waals surface area contributed by atoms with E-state index in [-0.39, 0.29) is 23.3 Å². The van der Waals surface area contributed by atoms with Crippen LogP contribution in [0.25, 0.3) is 10.9 Å². The number of hydrogen-bond acceptors (Lipinski definition) is 4. The first kappa shape index (κ1) is 18.5. The third kappa shape index (κ3) is 4.38. The molecule has 0 spiro atoms. The highest BCUT2D eigenvalue weighted by molar-refractivity contribution is 7.99. The van der Waals surface area contributed by atoms with Crippen LogP contribution in [-0.4, -0.2) is 27.3 Å². The summed E-state index contributed by atoms with van der Waals surface area (Å²) in [6, 6.07) is 7.46. The largest absolute Gasteiger partial charge is 0.353 e. The van der Waals surface area contributed by atoms with E-state index in [2.05, 4.69) is 24.1 Å². The summed E-state index contributed by atoms with van der Waals surface area (Å²) < 4.78 is 1.67. The van der Waals surface area contributed by atoms with E-state index < -0.39 is 0 Å². The van der Waals surface area contributed by atoms with Crippen LogP contribution in [0.2, 0.25) is 0 Å². The van der Waals surface area contributed by atoms with Crippen molar-refractivity contribution in [3.05, 3.63) is 34.6 Å². The third-order valence-electron chi connectivity index (χ3n) is 3.99. The molecule has 0 radical (unpaired) electrons. The second kappa shape index (κ2) is 8.33. The molecule has 1 amide bonds. The van der Waals surface area contributed by atoms with Gasteiger partial charge in [0.05, 0.1) is 16.7 Å². The van der Waals surface area contributed by atoms with Crippen LogP contribution in [0.5, 0.6) is 0 Å². The van der Waals surface area contributed by atoms with E-state index in [0.29, 0.717) is 28.5 Å². The van der Waals surface area contributed by atoms with Crippen LogP contribution in [0.3, 0.4) is 0 Å². The molecule has 1 atom stereocenters. The minimum Gasteiger partial charge on any atom is -0.353 e. The van der Waals surface area contributed by atoms with Crippen molar-refractivity contribution in [2.75, 3.05) is 5.75 Å². The molecule has 0 saturated heterocycles. The molecule has 0 unspecified atom stereocenters. The lowest BCUT2D eigenvalue weighted by atomic mass is 10.1. The van der Waals surface area contributed by atoms with Gasteiger partial charge in [-0.05, 0) is 31.4 Å². The van der Waals surface area contributed by atoms with Crippen molar-refractivity contribution in [1.82, 2.24) is 14.9 Å². The fourth-order valence-electron chi connectivity index (χ4n) is 2.27. The zero-order chi connectivity index (χ0) is 17.7. The Balaban J connectivity index is 2.23. The highest BCUT2D eigenvalue weighted by Gasteiger charge is 2.14. The lowest BCUT2D eigenvalue weighted by Crippen LogP contribution is -2.37. The number of rotatable bonds is 7. The van der Waals surface area contributed by atoms with Gasteiger partial charge in [0.25, 0.3) is 5.56 Å². The number of fused-ring (bicyclic) bond motifs is 1. The monoisotopic (exact) mass is 347 g/mol. The molecule has 0 aliphatic carbocycles. The van der Waals surface area contributed by atoms with Gasteiger partial charge in [-0.1, -0.05) is 44.7 Å². The molecule has 5 nitrogen and oxygen atoms in total. The number of benzene rings is 1. The number of aromatic nitrogens is 2. The first-order valence-electron chi connectivity index (χ1n) is 8.35. The molecule has 2 aromatic rings. The van der Waals surface area contributed by atoms with E-state index in [4.69, 9.17) is 0 Å². The van der Waals surface area contributed by atoms with Gasteiger partial charge in [0, 0.05) is 12.6 Å². The molecule has 1 aromatic heterocycles. The van der Waals surface area contributed by atoms with Crippen molar-refractivity contribution in [3.63, 3.8) is 0 Å². The maximum absolute atomic E-state index is 12.7. The van der Waals surface area contributed by atoms with E-state index in [1.807, 2.05) is 32.0 Å². The van der Waals surface area contributed by atoms with Gasteiger partial charge in [-0.25, -0.2) is 4.98 Å². The summed E-state index contributed by atoms with van der Waals surface area (Å²) in [5, 5.41) is 4.20. The molecule has 6 heteroatoms. The molecule has 0 bridgehead atoms. The Morgan fingerprint density at radius 2 is 2.00 bits per heavy atom. The molecule has 130 valence electrons. The number of para-hydroxylation sites is 1. The van der Waals surface area contributed by atoms with Gasteiger partial charge in [-0.15, -0.1) is 0 Å². The van der Waals surface area contributed by atoms with Gasteiger partial charge in [-0.3, -0.25) is 14.2 Å². The van der Waals surface area contributed by atoms with Gasteiger partial charge in [0.2, 0.25) is 5.91 Å². The van der Waals surface area contributed by atoms with Crippen LogP contribution in [0.4, 0.5) is 0 Å². The van der Waals surface area contributed by atoms with Crippen molar-refractivity contribution in [2.45, 2.75) is 51.9 Å². The fourth-order valence-corrected chi connectivity index (χ4v) is 3.11. The molecule has 0 saturated carbocycles. The summed E-state index contributed by atoms with van der Waals surface area (Å²) in [5.41, 5.74) is 0.634. The van der Waals surface area contributed by atoms with Crippen LogP contribution in [0.1, 0.15) is 34.1 Å². The molecule has 1 aromatic carbocycles. The third-order valence-corrected chi connectivity index (χ3v) is 4.97. The van der Waals surface area contributed by atoms with Gasteiger partial charge < -0.3 is 5.32 Å². The molecule has 0 aliphatic rings. The Labute approximate surface area is 146 Å². The lowest BCUT2D eigenvalue weighted by Gasteiger charge is -2.17. The SMILES string of the molecule is CCCn1c(SCC(=O)N[C@H](C)C(C)C)nc2ccccc2c1=O. The normalized spacial score (nSPS) is 12.5. The fraction of sp³-hybridized carbons (Fsp3) is 0.500. The Morgan fingerprint density at radius 1 is 1.29 bits per heavy atom. The van der Waals surface area contributed by atoms with Gasteiger partial charge >= 0.3 is 0 Å². The lowest BCUT2D eigenvalue weighted by molar-refractivity contribution is -0.119. The highest BCUT2D eigenvalue weighted by atomic mass is 32.2. The standard InChI is InChI=1S/C18H25N3O2S/c1-5-10-21-17(23)14-8-6-7-9-15(14)20-18(21)24-11-16(22)19-13(4)12(2)3/h6-9,12-13H,5,10-11H2,1-4H3,(H,19,22)/t13-/m1/s1. The zero-order valence-corrected chi connectivity index (χ0v) is 15.5. The van der Waals surface area contributed by atoms with Crippen molar-refractivity contribution < 1.29 is 4.79 Å². The Kier molecular flexibility index (Phi) is 6.43. The number of thioether (sulfide) groups is 1. The van der Waals surface area contributed by atoms with Gasteiger partial charge in [0.15, 0.2) is 5.16 Å². The van der Waals surface area contributed by atoms with Crippen LogP contribution in [0, 0.1) is 5.92 Å². The first-order valence-corrected chi connectivity index (χ1v) is 9.34. The highest BCUT2D eigenvalue weighted by Crippen LogP contribution is 2.18. The van der Waals surface area contributed by atoms with Crippen molar-refractivity contribution in [2.24, 2.45) is 5.92 Å². The predicted octanol–water partition coefficient (Wildman–Crippen LogP) is 3.06. The number of carbonyl (C=O) groups is 1. The maximum Gasteiger partial charge on any atom is 0.262 e. The zero-order valence-electron chi connectivity index (χ0n) is 14.7. The molecule has 2 rings (SSSR count). The number of nitrogens with zero attached hydrogens (tertiary/aromatic N) is 2. The Morgan fingerprint density at radius 3 is 2.67 bits per heavy atom. The van der Waals surface area contributed by atoms with Crippen LogP contribution in [0.15, 0.2) is 34.2 Å². The summed E-state index contributed by atoms with van der Waals surface area (Å²) >= 11 is 1.32. The topological polar surface area (TPSA) is 64.0 Å². The summed E-state index contributed by atoms with van der Waals surface area (Å²) in [6.45, 7) is 8.76. The van der Waals surface area contributed by atoms with Crippen LogP contribution < -0.4 is 10.9 Å². The van der Waals surface area contributed by atoms with E-state index in [9.17, 15) is 9.59 Å². The molecule has 0 fully saturated rings.